The Bertz CT molecular complexity index is 286. The molecule has 1 N–H and O–H groups in total. The third kappa shape index (κ3) is 2.13. The van der Waals surface area contributed by atoms with Crippen LogP contribution >= 0.6 is 0 Å². The maximum atomic E-state index is 6.25. The van der Waals surface area contributed by atoms with Crippen molar-refractivity contribution in [1.29, 1.82) is 0 Å². The van der Waals surface area contributed by atoms with Crippen LogP contribution in [0.2, 0.25) is 0 Å². The van der Waals surface area contributed by atoms with Gasteiger partial charge in [0.15, 0.2) is 0 Å². The number of hydrogen-bond acceptors (Lipinski definition) is 3. The van der Waals surface area contributed by atoms with Gasteiger partial charge in [0.1, 0.15) is 5.60 Å². The maximum Gasteiger partial charge on any atom is 0.114 e. The van der Waals surface area contributed by atoms with E-state index >= 15 is 0 Å². The van der Waals surface area contributed by atoms with Gasteiger partial charge in [-0.3, -0.25) is 0 Å². The van der Waals surface area contributed by atoms with Crippen LogP contribution in [0.1, 0.15) is 53.9 Å². The fourth-order valence-electron chi connectivity index (χ4n) is 3.78. The Morgan fingerprint density at radius 3 is 2.47 bits per heavy atom. The minimum absolute atomic E-state index is 0.0888. The van der Waals surface area contributed by atoms with E-state index in [1.807, 2.05) is 0 Å². The Morgan fingerprint density at radius 2 is 1.94 bits per heavy atom. The summed E-state index contributed by atoms with van der Waals surface area (Å²) in [6.07, 6.45) is 3.31. The highest BCUT2D eigenvalue weighted by atomic mass is 16.6. The minimum atomic E-state index is -0.218. The smallest absolute Gasteiger partial charge is 0.114 e. The van der Waals surface area contributed by atoms with Crippen molar-refractivity contribution in [2.24, 2.45) is 0 Å². The standard InChI is InChI=1S/C14H27NO2/c1-6-7-11-14(16-9-8-15-11)10-12(2,3)17-13(14,4)5/h11,15H,6-10H2,1-5H3. The third-order valence-electron chi connectivity index (χ3n) is 4.23. The highest BCUT2D eigenvalue weighted by Gasteiger charge is 2.62. The molecule has 2 rings (SSSR count). The SMILES string of the molecule is CCCC1NCCOC12CC(C)(C)OC2(C)C. The Morgan fingerprint density at radius 1 is 1.24 bits per heavy atom. The molecule has 3 nitrogen and oxygen atoms in total. The monoisotopic (exact) mass is 241 g/mol. The zero-order chi connectivity index (χ0) is 12.7. The van der Waals surface area contributed by atoms with Crippen molar-refractivity contribution in [2.75, 3.05) is 13.2 Å². The second-order valence-electron chi connectivity index (χ2n) is 6.58. The van der Waals surface area contributed by atoms with Gasteiger partial charge < -0.3 is 14.8 Å². The molecule has 0 amide bonds. The largest absolute Gasteiger partial charge is 0.369 e. The fraction of sp³-hybridized carbons (Fsp3) is 1.00. The molecule has 0 aromatic heterocycles. The minimum Gasteiger partial charge on any atom is -0.369 e. The number of morpholine rings is 1. The van der Waals surface area contributed by atoms with Crippen molar-refractivity contribution in [3.63, 3.8) is 0 Å². The first kappa shape index (κ1) is 13.3. The lowest BCUT2D eigenvalue weighted by molar-refractivity contribution is -0.180. The van der Waals surface area contributed by atoms with Gasteiger partial charge in [0, 0.05) is 19.0 Å². The molecule has 2 aliphatic heterocycles. The molecule has 2 fully saturated rings. The molecule has 0 aliphatic carbocycles. The van der Waals surface area contributed by atoms with Crippen LogP contribution in [-0.4, -0.2) is 36.0 Å². The summed E-state index contributed by atoms with van der Waals surface area (Å²) < 4.78 is 12.5. The highest BCUT2D eigenvalue weighted by molar-refractivity contribution is 5.14. The molecule has 0 aromatic carbocycles. The zero-order valence-corrected chi connectivity index (χ0v) is 11.9. The van der Waals surface area contributed by atoms with Crippen molar-refractivity contribution in [3.8, 4) is 0 Å². The van der Waals surface area contributed by atoms with Gasteiger partial charge >= 0.3 is 0 Å². The third-order valence-corrected chi connectivity index (χ3v) is 4.23. The summed E-state index contributed by atoms with van der Waals surface area (Å²) >= 11 is 0. The Labute approximate surface area is 105 Å². The quantitative estimate of drug-likeness (QED) is 0.805. The van der Waals surface area contributed by atoms with E-state index < -0.39 is 0 Å². The first-order chi connectivity index (χ1) is 7.83. The van der Waals surface area contributed by atoms with Crippen molar-refractivity contribution in [2.45, 2.75) is 76.7 Å². The molecule has 0 radical (unpaired) electrons. The number of nitrogens with one attached hydrogen (secondary N) is 1. The van der Waals surface area contributed by atoms with Crippen molar-refractivity contribution in [3.05, 3.63) is 0 Å². The molecule has 2 saturated heterocycles. The van der Waals surface area contributed by atoms with Gasteiger partial charge in [-0.05, 0) is 34.1 Å². The molecule has 2 heterocycles. The first-order valence-electron chi connectivity index (χ1n) is 6.90. The number of ether oxygens (including phenoxy) is 2. The second-order valence-corrected chi connectivity index (χ2v) is 6.58. The van der Waals surface area contributed by atoms with Crippen LogP contribution in [0.4, 0.5) is 0 Å². The van der Waals surface area contributed by atoms with E-state index in [0.717, 1.165) is 26.0 Å². The fourth-order valence-corrected chi connectivity index (χ4v) is 3.78. The molecule has 2 unspecified atom stereocenters. The first-order valence-corrected chi connectivity index (χ1v) is 6.90. The number of rotatable bonds is 2. The van der Waals surface area contributed by atoms with E-state index in [4.69, 9.17) is 9.47 Å². The second kappa shape index (κ2) is 4.22. The molecular weight excluding hydrogens is 214 g/mol. The lowest BCUT2D eigenvalue weighted by Gasteiger charge is -2.48. The van der Waals surface area contributed by atoms with E-state index in [0.29, 0.717) is 6.04 Å². The van der Waals surface area contributed by atoms with Gasteiger partial charge in [-0.15, -0.1) is 0 Å². The molecule has 2 atom stereocenters. The summed E-state index contributed by atoms with van der Waals surface area (Å²) in [6.45, 7) is 12.7. The topological polar surface area (TPSA) is 30.5 Å². The van der Waals surface area contributed by atoms with Crippen LogP contribution < -0.4 is 5.32 Å². The summed E-state index contributed by atoms with van der Waals surface area (Å²) in [6, 6.07) is 0.415. The predicted octanol–water partition coefficient (Wildman–Crippen LogP) is 2.49. The predicted molar refractivity (Wildman–Crippen MR) is 69.2 cm³/mol. The van der Waals surface area contributed by atoms with Gasteiger partial charge in [-0.1, -0.05) is 13.3 Å². The Kier molecular flexibility index (Phi) is 3.30. The molecule has 1 spiro atoms. The molecule has 0 aromatic rings. The van der Waals surface area contributed by atoms with E-state index in [-0.39, 0.29) is 16.8 Å². The van der Waals surface area contributed by atoms with E-state index in [1.54, 1.807) is 0 Å². The summed E-state index contributed by atoms with van der Waals surface area (Å²) in [5, 5.41) is 3.64. The summed E-state index contributed by atoms with van der Waals surface area (Å²) in [5.74, 6) is 0. The van der Waals surface area contributed by atoms with Crippen molar-refractivity contribution >= 4 is 0 Å². The van der Waals surface area contributed by atoms with Gasteiger partial charge in [0.05, 0.1) is 17.8 Å². The van der Waals surface area contributed by atoms with Crippen LogP contribution in [0.15, 0.2) is 0 Å². The lowest BCUT2D eigenvalue weighted by Crippen LogP contribution is -2.65. The summed E-state index contributed by atoms with van der Waals surface area (Å²) in [4.78, 5) is 0. The molecule has 2 aliphatic rings. The van der Waals surface area contributed by atoms with Crippen LogP contribution in [-0.2, 0) is 9.47 Å². The van der Waals surface area contributed by atoms with Crippen LogP contribution in [0.25, 0.3) is 0 Å². The highest BCUT2D eigenvalue weighted by Crippen LogP contribution is 2.50. The lowest BCUT2D eigenvalue weighted by atomic mass is 9.74. The average Bonchev–Trinajstić information content (AvgIpc) is 2.36. The summed E-state index contributed by atoms with van der Waals surface area (Å²) in [5.41, 5.74) is -0.469. The van der Waals surface area contributed by atoms with Gasteiger partial charge in [0.2, 0.25) is 0 Å². The molecular formula is C14H27NO2. The zero-order valence-electron chi connectivity index (χ0n) is 11.9. The Hall–Kier alpha value is -0.120. The molecule has 3 heteroatoms. The van der Waals surface area contributed by atoms with Crippen molar-refractivity contribution in [1.82, 2.24) is 5.32 Å². The van der Waals surface area contributed by atoms with Gasteiger partial charge in [-0.25, -0.2) is 0 Å². The Balaban J connectivity index is 2.30. The maximum absolute atomic E-state index is 6.25. The normalized spacial score (nSPS) is 39.7. The van der Waals surface area contributed by atoms with Crippen LogP contribution in [0.3, 0.4) is 0 Å². The summed E-state index contributed by atoms with van der Waals surface area (Å²) in [7, 11) is 0. The van der Waals surface area contributed by atoms with Crippen LogP contribution in [0, 0.1) is 0 Å². The van der Waals surface area contributed by atoms with E-state index in [2.05, 4.69) is 39.9 Å². The molecule has 0 saturated carbocycles. The van der Waals surface area contributed by atoms with Crippen molar-refractivity contribution < 1.29 is 9.47 Å². The van der Waals surface area contributed by atoms with Gasteiger partial charge in [0.25, 0.3) is 0 Å². The van der Waals surface area contributed by atoms with Gasteiger partial charge in [-0.2, -0.15) is 0 Å². The van der Waals surface area contributed by atoms with E-state index in [9.17, 15) is 0 Å². The van der Waals surface area contributed by atoms with E-state index in [1.165, 1.54) is 6.42 Å². The molecule has 0 bridgehead atoms. The van der Waals surface area contributed by atoms with Crippen LogP contribution in [0.5, 0.6) is 0 Å². The molecule has 100 valence electrons. The average molecular weight is 241 g/mol. The molecule has 17 heavy (non-hydrogen) atoms. The number of hydrogen-bond donors (Lipinski definition) is 1.